The molecule has 0 amide bonds. The molecule has 0 aliphatic carbocycles. The normalized spacial score (nSPS) is 27.7. The van der Waals surface area contributed by atoms with Crippen LogP contribution in [0, 0.1) is 11.3 Å². The number of para-hydroxylation sites is 1. The average molecular weight is 445 g/mol. The van der Waals surface area contributed by atoms with Crippen LogP contribution in [0.4, 0.5) is 10.8 Å². The van der Waals surface area contributed by atoms with Gasteiger partial charge in [0.25, 0.3) is 0 Å². The molecule has 3 atom stereocenters. The maximum atomic E-state index is 12.9. The van der Waals surface area contributed by atoms with E-state index in [0.717, 1.165) is 12.1 Å². The van der Waals surface area contributed by atoms with E-state index in [0.29, 0.717) is 30.0 Å². The highest BCUT2D eigenvalue weighted by Gasteiger charge is 2.65. The van der Waals surface area contributed by atoms with E-state index >= 15 is 0 Å². The number of cyclic esters (lactones) is 2. The fourth-order valence-corrected chi connectivity index (χ4v) is 4.92. The summed E-state index contributed by atoms with van der Waals surface area (Å²) < 4.78 is 16.9. The second-order valence-corrected chi connectivity index (χ2v) is 9.76. The fraction of sp³-hybridized carbons (Fsp3) is 0.522. The largest absolute Gasteiger partial charge is 0.459 e. The molecule has 1 aromatic heterocycles. The van der Waals surface area contributed by atoms with Crippen LogP contribution in [0.2, 0.25) is 0 Å². The number of aromatic nitrogens is 1. The zero-order chi connectivity index (χ0) is 22.1. The van der Waals surface area contributed by atoms with Crippen molar-refractivity contribution in [3.05, 3.63) is 41.4 Å². The maximum absolute atomic E-state index is 12.9. The van der Waals surface area contributed by atoms with Crippen molar-refractivity contribution in [1.82, 2.24) is 4.98 Å². The van der Waals surface area contributed by atoms with E-state index in [1.807, 2.05) is 35.7 Å². The Labute approximate surface area is 186 Å². The summed E-state index contributed by atoms with van der Waals surface area (Å²) in [4.78, 5) is 30.2. The zero-order valence-corrected chi connectivity index (χ0v) is 18.9. The molecule has 8 heteroatoms. The van der Waals surface area contributed by atoms with Crippen LogP contribution < -0.4 is 5.32 Å². The molecule has 0 bridgehead atoms. The number of benzene rings is 1. The summed E-state index contributed by atoms with van der Waals surface area (Å²) in [5.41, 5.74) is -0.702. The van der Waals surface area contributed by atoms with Gasteiger partial charge in [0.2, 0.25) is 0 Å². The van der Waals surface area contributed by atoms with Crippen LogP contribution >= 0.6 is 11.3 Å². The van der Waals surface area contributed by atoms with Crippen LogP contribution in [0.3, 0.4) is 0 Å². The first-order valence-electron chi connectivity index (χ1n) is 10.6. The second-order valence-electron chi connectivity index (χ2n) is 8.90. The summed E-state index contributed by atoms with van der Waals surface area (Å²) in [6.07, 6.45) is 1.01. The molecule has 166 valence electrons. The highest BCUT2D eigenvalue weighted by molar-refractivity contribution is 7.13. The lowest BCUT2D eigenvalue weighted by molar-refractivity contribution is -0.160. The van der Waals surface area contributed by atoms with Crippen LogP contribution in [-0.4, -0.2) is 36.2 Å². The first kappa shape index (κ1) is 21.8. The number of esters is 2. The molecule has 3 heterocycles. The summed E-state index contributed by atoms with van der Waals surface area (Å²) in [7, 11) is 0. The van der Waals surface area contributed by atoms with Gasteiger partial charge in [0.05, 0.1) is 12.3 Å². The summed E-state index contributed by atoms with van der Waals surface area (Å²) >= 11 is 1.43. The predicted octanol–water partition coefficient (Wildman–Crippen LogP) is 4.41. The van der Waals surface area contributed by atoms with Crippen LogP contribution in [0.5, 0.6) is 0 Å². The van der Waals surface area contributed by atoms with Crippen LogP contribution in [-0.2, 0) is 29.4 Å². The lowest BCUT2D eigenvalue weighted by Gasteiger charge is -2.20. The Morgan fingerprint density at radius 2 is 2.03 bits per heavy atom. The first-order chi connectivity index (χ1) is 14.8. The van der Waals surface area contributed by atoms with Crippen molar-refractivity contribution in [2.75, 3.05) is 18.5 Å². The zero-order valence-electron chi connectivity index (χ0n) is 18.1. The van der Waals surface area contributed by atoms with Crippen LogP contribution in [0.15, 0.2) is 35.7 Å². The van der Waals surface area contributed by atoms with E-state index in [4.69, 9.17) is 14.2 Å². The minimum atomic E-state index is -1.28. The molecule has 1 aromatic carbocycles. The lowest BCUT2D eigenvalue weighted by Crippen LogP contribution is -2.32. The van der Waals surface area contributed by atoms with Crippen molar-refractivity contribution >= 4 is 34.1 Å². The number of carbonyl (C=O) groups excluding carboxylic acids is 2. The molecule has 1 N–H and O–H groups in total. The number of carbonyl (C=O) groups is 2. The molecule has 0 saturated carbocycles. The Morgan fingerprint density at radius 3 is 2.77 bits per heavy atom. The third kappa shape index (κ3) is 4.45. The van der Waals surface area contributed by atoms with Gasteiger partial charge in [0, 0.05) is 30.5 Å². The monoisotopic (exact) mass is 444 g/mol. The van der Waals surface area contributed by atoms with Crippen LogP contribution in [0.1, 0.15) is 45.7 Å². The van der Waals surface area contributed by atoms with Crippen molar-refractivity contribution < 1.29 is 23.8 Å². The summed E-state index contributed by atoms with van der Waals surface area (Å²) in [5.74, 6) is -0.505. The van der Waals surface area contributed by atoms with E-state index in [-0.39, 0.29) is 12.8 Å². The summed E-state index contributed by atoms with van der Waals surface area (Å²) in [6.45, 7) is 6.97. The number of ether oxygens (including phenoxy) is 3. The van der Waals surface area contributed by atoms with Gasteiger partial charge in [-0.1, -0.05) is 32.0 Å². The highest BCUT2D eigenvalue weighted by Crippen LogP contribution is 2.52. The smallest absolute Gasteiger partial charge is 0.324 e. The Morgan fingerprint density at radius 1 is 1.26 bits per heavy atom. The van der Waals surface area contributed by atoms with Gasteiger partial charge in [-0.15, -0.1) is 11.3 Å². The van der Waals surface area contributed by atoms with E-state index in [1.165, 1.54) is 11.3 Å². The van der Waals surface area contributed by atoms with Gasteiger partial charge in [0.15, 0.2) is 16.1 Å². The molecule has 0 unspecified atom stereocenters. The molecule has 1 spiro atoms. The Balaban J connectivity index is 1.43. The minimum Gasteiger partial charge on any atom is -0.459 e. The molecule has 0 radical (unpaired) electrons. The van der Waals surface area contributed by atoms with Gasteiger partial charge in [-0.3, -0.25) is 9.59 Å². The van der Waals surface area contributed by atoms with Crippen molar-refractivity contribution in [3.63, 3.8) is 0 Å². The van der Waals surface area contributed by atoms with Crippen molar-refractivity contribution in [1.29, 1.82) is 0 Å². The number of rotatable bonds is 8. The second kappa shape index (κ2) is 8.59. The van der Waals surface area contributed by atoms with Gasteiger partial charge < -0.3 is 19.5 Å². The quantitative estimate of drug-likeness (QED) is 0.366. The lowest BCUT2D eigenvalue weighted by atomic mass is 9.78. The highest BCUT2D eigenvalue weighted by atomic mass is 32.1. The number of hydrogen-bond acceptors (Lipinski definition) is 8. The van der Waals surface area contributed by atoms with Gasteiger partial charge >= 0.3 is 11.9 Å². The Hall–Kier alpha value is -2.45. The Kier molecular flexibility index (Phi) is 6.03. The molecular weight excluding hydrogens is 416 g/mol. The number of anilines is 2. The molecule has 2 saturated heterocycles. The molecule has 2 fully saturated rings. The first-order valence-corrected chi connectivity index (χ1v) is 11.5. The van der Waals surface area contributed by atoms with E-state index in [9.17, 15) is 9.59 Å². The van der Waals surface area contributed by atoms with Gasteiger partial charge in [-0.2, -0.15) is 0 Å². The molecule has 2 aliphatic heterocycles. The molecule has 31 heavy (non-hydrogen) atoms. The fourth-order valence-electron chi connectivity index (χ4n) is 4.06. The van der Waals surface area contributed by atoms with Crippen molar-refractivity contribution in [2.45, 2.75) is 51.7 Å². The Bertz CT molecular complexity index is 946. The van der Waals surface area contributed by atoms with Crippen molar-refractivity contribution in [3.8, 4) is 0 Å². The van der Waals surface area contributed by atoms with E-state index in [2.05, 4.69) is 24.1 Å². The number of nitrogens with one attached hydrogen (secondary N) is 1. The molecular formula is C23H28N2O5S. The van der Waals surface area contributed by atoms with Crippen molar-refractivity contribution in [2.24, 2.45) is 11.3 Å². The molecule has 2 aliphatic rings. The van der Waals surface area contributed by atoms with E-state index in [1.54, 1.807) is 6.92 Å². The predicted molar refractivity (Wildman–Crippen MR) is 117 cm³/mol. The average Bonchev–Trinajstić information content (AvgIpc) is 3.38. The van der Waals surface area contributed by atoms with Gasteiger partial charge in [-0.05, 0) is 31.4 Å². The maximum Gasteiger partial charge on any atom is 0.324 e. The number of hydrogen-bond donors (Lipinski definition) is 1. The minimum absolute atomic E-state index is 0.217. The standard InChI is InChI=1S/C23H28N2O5S/c1-15(2)9-10-28-12-17-11-23(19(26)29-17)14-22(3,30-20(23)27)18-13-31-21(25-18)24-16-7-5-4-6-8-16/h4-8,13,15,17H,9-12,14H2,1-3H3,(H,24,25)/t17-,22+,23+/m0/s1. The molecule has 2 aromatic rings. The summed E-state index contributed by atoms with van der Waals surface area (Å²) in [5, 5.41) is 5.81. The SMILES string of the molecule is CC(C)CCOC[C@@H]1C[C@@]2(C[C@](C)(c3csc(Nc4ccccc4)n3)OC2=O)C(=O)O1. The molecule has 4 rings (SSSR count). The van der Waals surface area contributed by atoms with E-state index < -0.39 is 29.1 Å². The topological polar surface area (TPSA) is 86.8 Å². The summed E-state index contributed by atoms with van der Waals surface area (Å²) in [6, 6.07) is 9.72. The van der Waals surface area contributed by atoms with Gasteiger partial charge in [0.1, 0.15) is 6.10 Å². The number of thiazole rings is 1. The number of nitrogens with zero attached hydrogens (tertiary/aromatic N) is 1. The van der Waals surface area contributed by atoms with Gasteiger partial charge in [-0.25, -0.2) is 4.98 Å². The van der Waals surface area contributed by atoms with Crippen LogP contribution in [0.25, 0.3) is 0 Å². The third-order valence-electron chi connectivity index (χ3n) is 5.80. The third-order valence-corrected chi connectivity index (χ3v) is 6.56. The molecule has 7 nitrogen and oxygen atoms in total.